The molecule has 5 aromatic rings. The Bertz CT molecular complexity index is 1360. The van der Waals surface area contributed by atoms with E-state index in [1.807, 2.05) is 66.6 Å². The number of carbonyl (C=O) groups excluding carboxylic acids is 1. The van der Waals surface area contributed by atoms with Gasteiger partial charge in [0.25, 0.3) is 0 Å². The van der Waals surface area contributed by atoms with Gasteiger partial charge in [-0.15, -0.1) is 11.3 Å². The van der Waals surface area contributed by atoms with Crippen molar-refractivity contribution in [3.05, 3.63) is 76.3 Å². The summed E-state index contributed by atoms with van der Waals surface area (Å²) in [6, 6.07) is 13.1. The summed E-state index contributed by atoms with van der Waals surface area (Å²) in [6.45, 7) is 0. The Morgan fingerprint density at radius 3 is 2.69 bits per heavy atom. The van der Waals surface area contributed by atoms with Crippen LogP contribution in [0.1, 0.15) is 9.67 Å². The highest BCUT2D eigenvalue weighted by molar-refractivity contribution is 7.12. The number of nitrogens with zero attached hydrogens (tertiary/aromatic N) is 5. The second-order valence-corrected chi connectivity index (χ2v) is 8.05. The number of hydrogen-bond donors (Lipinski definition) is 2. The summed E-state index contributed by atoms with van der Waals surface area (Å²) in [4.78, 5) is 20.1. The Morgan fingerprint density at radius 2 is 2.03 bits per heavy atom. The van der Waals surface area contributed by atoms with Gasteiger partial charge in [0.05, 0.1) is 33.0 Å². The molecular formula is C22H20ClN7OS. The molecule has 2 N–H and O–H groups in total. The van der Waals surface area contributed by atoms with Crippen LogP contribution < -0.4 is 10.6 Å². The number of para-hydroxylation sites is 1. The van der Waals surface area contributed by atoms with Gasteiger partial charge in [-0.25, -0.2) is 14.6 Å². The van der Waals surface area contributed by atoms with Crippen LogP contribution in [-0.2, 0) is 7.05 Å². The summed E-state index contributed by atoms with van der Waals surface area (Å²) in [5.74, 6) is 1.58. The molecule has 10 heteroatoms. The first-order chi connectivity index (χ1) is 15.6. The second-order valence-electron chi connectivity index (χ2n) is 6.70. The zero-order valence-electron chi connectivity index (χ0n) is 17.4. The summed E-state index contributed by atoms with van der Waals surface area (Å²) >= 11 is 7.55. The normalized spacial score (nSPS) is 10.5. The van der Waals surface area contributed by atoms with Crippen molar-refractivity contribution in [3.8, 4) is 5.69 Å². The number of nitrogens with one attached hydrogen (secondary N) is 2. The minimum atomic E-state index is 0.634. The Balaban J connectivity index is 0.000000260. The van der Waals surface area contributed by atoms with Crippen molar-refractivity contribution in [1.82, 2.24) is 24.3 Å². The number of benzene rings is 1. The minimum absolute atomic E-state index is 0.634. The zero-order chi connectivity index (χ0) is 22.5. The molecule has 32 heavy (non-hydrogen) atoms. The lowest BCUT2D eigenvalue weighted by molar-refractivity contribution is 0.112. The first kappa shape index (κ1) is 21.5. The lowest BCUT2D eigenvalue weighted by atomic mass is 10.3. The van der Waals surface area contributed by atoms with E-state index in [2.05, 4.69) is 25.7 Å². The predicted molar refractivity (Wildman–Crippen MR) is 130 cm³/mol. The Labute approximate surface area is 193 Å². The summed E-state index contributed by atoms with van der Waals surface area (Å²) in [7, 11) is 3.79. The summed E-state index contributed by atoms with van der Waals surface area (Å²) in [6.07, 6.45) is 6.19. The number of aromatic nitrogens is 5. The number of carbonyl (C=O) groups is 1. The number of thiophene rings is 1. The fourth-order valence-electron chi connectivity index (χ4n) is 3.01. The van der Waals surface area contributed by atoms with Gasteiger partial charge in [-0.1, -0.05) is 23.7 Å². The Morgan fingerprint density at radius 1 is 1.19 bits per heavy atom. The van der Waals surface area contributed by atoms with Crippen molar-refractivity contribution in [1.29, 1.82) is 0 Å². The number of anilines is 3. The first-order valence-corrected chi connectivity index (χ1v) is 10.9. The topological polar surface area (TPSA) is 89.7 Å². The summed E-state index contributed by atoms with van der Waals surface area (Å²) in [5.41, 5.74) is 3.28. The second kappa shape index (κ2) is 9.63. The van der Waals surface area contributed by atoms with E-state index in [0.717, 1.165) is 34.6 Å². The molecular weight excluding hydrogens is 446 g/mol. The molecule has 0 amide bonds. The van der Waals surface area contributed by atoms with Crippen LogP contribution in [0, 0.1) is 0 Å². The number of hydrogen-bond acceptors (Lipinski definition) is 7. The van der Waals surface area contributed by atoms with Crippen LogP contribution in [0.4, 0.5) is 17.5 Å². The molecule has 4 heterocycles. The lowest BCUT2D eigenvalue weighted by Gasteiger charge is -2.07. The highest BCUT2D eigenvalue weighted by Crippen LogP contribution is 2.26. The van der Waals surface area contributed by atoms with Gasteiger partial charge in [0, 0.05) is 31.9 Å². The van der Waals surface area contributed by atoms with E-state index in [1.54, 1.807) is 23.1 Å². The van der Waals surface area contributed by atoms with Gasteiger partial charge in [0.2, 0.25) is 5.95 Å². The van der Waals surface area contributed by atoms with Crippen LogP contribution in [0.5, 0.6) is 0 Å². The van der Waals surface area contributed by atoms with Crippen molar-refractivity contribution in [3.63, 3.8) is 0 Å². The molecule has 0 aliphatic carbocycles. The molecule has 0 fully saturated rings. The third kappa shape index (κ3) is 4.63. The van der Waals surface area contributed by atoms with E-state index in [4.69, 9.17) is 11.6 Å². The number of rotatable bonds is 5. The van der Waals surface area contributed by atoms with Gasteiger partial charge in [0.15, 0.2) is 6.29 Å². The van der Waals surface area contributed by atoms with Crippen molar-refractivity contribution in [2.75, 3.05) is 17.7 Å². The van der Waals surface area contributed by atoms with E-state index in [-0.39, 0.29) is 0 Å². The van der Waals surface area contributed by atoms with E-state index in [9.17, 15) is 4.79 Å². The Hall–Kier alpha value is -3.69. The van der Waals surface area contributed by atoms with Gasteiger partial charge in [-0.2, -0.15) is 5.10 Å². The van der Waals surface area contributed by atoms with Gasteiger partial charge in [-0.3, -0.25) is 4.79 Å². The molecule has 0 bridgehead atoms. The largest absolute Gasteiger partial charge is 0.359 e. The molecule has 0 radical (unpaired) electrons. The number of aryl methyl sites for hydroxylation is 1. The van der Waals surface area contributed by atoms with Crippen molar-refractivity contribution in [2.24, 2.45) is 7.05 Å². The smallest absolute Gasteiger partial charge is 0.202 e. The monoisotopic (exact) mass is 465 g/mol. The summed E-state index contributed by atoms with van der Waals surface area (Å²) < 4.78 is 3.69. The van der Waals surface area contributed by atoms with Gasteiger partial charge >= 0.3 is 0 Å². The van der Waals surface area contributed by atoms with E-state index < -0.39 is 0 Å². The standard InChI is InChI=1S/C17H11ClN4OS.C5H9N3/c18-13-3-1-2-4-14(13)20-17-6-5-16-15(21-17)8-19-22(16)11-7-12(9-23)24-10-11;1-6-5-7-3-4-8(5)2/h1-10H,(H,20,21);3-4H,1-2H3,(H,6,7). The van der Waals surface area contributed by atoms with Gasteiger partial charge in [0.1, 0.15) is 11.3 Å². The molecule has 0 saturated carbocycles. The molecule has 8 nitrogen and oxygen atoms in total. The molecule has 162 valence electrons. The third-order valence-electron chi connectivity index (χ3n) is 4.57. The average molecular weight is 466 g/mol. The molecule has 0 aliphatic rings. The first-order valence-electron chi connectivity index (χ1n) is 9.64. The maximum absolute atomic E-state index is 10.8. The predicted octanol–water partition coefficient (Wildman–Crippen LogP) is 5.15. The maximum atomic E-state index is 10.8. The van der Waals surface area contributed by atoms with Gasteiger partial charge < -0.3 is 15.2 Å². The molecule has 5 rings (SSSR count). The van der Waals surface area contributed by atoms with Crippen molar-refractivity contribution < 1.29 is 4.79 Å². The number of fused-ring (bicyclic) bond motifs is 1. The van der Waals surface area contributed by atoms with Gasteiger partial charge in [-0.05, 0) is 30.3 Å². The summed E-state index contributed by atoms with van der Waals surface area (Å²) in [5, 5.41) is 13.0. The van der Waals surface area contributed by atoms with E-state index >= 15 is 0 Å². The quantitative estimate of drug-likeness (QED) is 0.349. The van der Waals surface area contributed by atoms with Crippen molar-refractivity contribution in [2.45, 2.75) is 0 Å². The van der Waals surface area contributed by atoms with Crippen LogP contribution in [0.15, 0.2) is 66.4 Å². The fourth-order valence-corrected chi connectivity index (χ4v) is 3.87. The van der Waals surface area contributed by atoms with E-state index in [0.29, 0.717) is 15.7 Å². The van der Waals surface area contributed by atoms with Crippen molar-refractivity contribution >= 4 is 57.7 Å². The fraction of sp³-hybridized carbons (Fsp3) is 0.0909. The molecule has 0 atom stereocenters. The van der Waals surface area contributed by atoms with Crippen LogP contribution in [-0.4, -0.2) is 37.6 Å². The van der Waals surface area contributed by atoms with Crippen LogP contribution in [0.2, 0.25) is 5.02 Å². The number of aldehydes is 1. The SMILES string of the molecule is CNc1nccn1C.O=Cc1cc(-n2ncc3nc(Nc4ccccc4Cl)ccc32)cs1. The number of pyridine rings is 1. The van der Waals surface area contributed by atoms with Crippen LogP contribution >= 0.6 is 22.9 Å². The molecule has 0 unspecified atom stereocenters. The number of imidazole rings is 1. The molecule has 0 aliphatic heterocycles. The number of halogens is 1. The lowest BCUT2D eigenvalue weighted by Crippen LogP contribution is -1.96. The van der Waals surface area contributed by atoms with Crippen LogP contribution in [0.25, 0.3) is 16.7 Å². The molecule has 1 aromatic carbocycles. The average Bonchev–Trinajstić information content (AvgIpc) is 3.54. The minimum Gasteiger partial charge on any atom is -0.359 e. The highest BCUT2D eigenvalue weighted by atomic mass is 35.5. The maximum Gasteiger partial charge on any atom is 0.202 e. The molecule has 0 spiro atoms. The molecule has 0 saturated heterocycles. The third-order valence-corrected chi connectivity index (χ3v) is 5.75. The molecule has 4 aromatic heterocycles. The van der Waals surface area contributed by atoms with Crippen LogP contribution in [0.3, 0.4) is 0 Å². The van der Waals surface area contributed by atoms with E-state index in [1.165, 1.54) is 11.3 Å². The highest BCUT2D eigenvalue weighted by Gasteiger charge is 2.09. The Kier molecular flexibility index (Phi) is 6.48. The zero-order valence-corrected chi connectivity index (χ0v) is 18.9.